The van der Waals surface area contributed by atoms with Gasteiger partial charge in [-0.25, -0.2) is 4.79 Å². The van der Waals surface area contributed by atoms with Gasteiger partial charge in [-0.05, 0) is 23.1 Å². The van der Waals surface area contributed by atoms with E-state index < -0.39 is 5.97 Å². The summed E-state index contributed by atoms with van der Waals surface area (Å²) in [6, 6.07) is 7.16. The van der Waals surface area contributed by atoms with Crippen molar-refractivity contribution in [3.63, 3.8) is 0 Å². The zero-order valence-electron chi connectivity index (χ0n) is 12.0. The molecule has 2 rings (SSSR count). The van der Waals surface area contributed by atoms with Crippen LogP contribution in [0.3, 0.4) is 0 Å². The molecule has 106 valence electrons. The lowest BCUT2D eigenvalue weighted by Gasteiger charge is -2.32. The highest BCUT2D eigenvalue weighted by molar-refractivity contribution is 6.06. The van der Waals surface area contributed by atoms with Crippen molar-refractivity contribution < 1.29 is 14.3 Å². The Morgan fingerprint density at radius 3 is 2.65 bits per heavy atom. The third-order valence-electron chi connectivity index (χ3n) is 3.79. The summed E-state index contributed by atoms with van der Waals surface area (Å²) >= 11 is 0. The Hall–Kier alpha value is -2.10. The molecule has 0 saturated heterocycles. The van der Waals surface area contributed by atoms with E-state index in [2.05, 4.69) is 19.2 Å². The lowest BCUT2D eigenvalue weighted by atomic mass is 9.82. The van der Waals surface area contributed by atoms with Gasteiger partial charge in [0.2, 0.25) is 0 Å². The summed E-state index contributed by atoms with van der Waals surface area (Å²) < 4.78 is 4.73. The fraction of sp³-hybridized carbons (Fsp3) is 0.375. The summed E-state index contributed by atoms with van der Waals surface area (Å²) in [7, 11) is 1.35. The standard InChI is InChI=1S/C16H19NO3/c1-4-10(2)15-13(9-14(18)20-3)11-7-5-6-8-12(11)16(19)17-15/h5-10,15H,4H2,1-3H3,(H,17,19)/b13-9+/t10-,15-/m0/s1. The molecule has 0 spiro atoms. The minimum absolute atomic E-state index is 0.0899. The number of fused-ring (bicyclic) bond motifs is 1. The van der Waals surface area contributed by atoms with E-state index in [1.54, 1.807) is 6.07 Å². The van der Waals surface area contributed by atoms with E-state index in [0.29, 0.717) is 5.56 Å². The summed E-state index contributed by atoms with van der Waals surface area (Å²) in [5.41, 5.74) is 2.23. The Morgan fingerprint density at radius 1 is 1.40 bits per heavy atom. The largest absolute Gasteiger partial charge is 0.466 e. The van der Waals surface area contributed by atoms with Gasteiger partial charge in [0.1, 0.15) is 0 Å². The van der Waals surface area contributed by atoms with Gasteiger partial charge in [-0.2, -0.15) is 0 Å². The predicted octanol–water partition coefficient (Wildman–Crippen LogP) is 2.40. The first-order valence-corrected chi connectivity index (χ1v) is 6.78. The summed E-state index contributed by atoms with van der Waals surface area (Å²) in [5, 5.41) is 2.99. The summed E-state index contributed by atoms with van der Waals surface area (Å²) in [4.78, 5) is 23.8. The molecule has 0 unspecified atom stereocenters. The van der Waals surface area contributed by atoms with Crippen LogP contribution in [0.1, 0.15) is 36.2 Å². The van der Waals surface area contributed by atoms with Gasteiger partial charge in [0, 0.05) is 11.6 Å². The molecule has 1 aromatic carbocycles. The molecule has 0 radical (unpaired) electrons. The van der Waals surface area contributed by atoms with Crippen molar-refractivity contribution in [1.82, 2.24) is 5.32 Å². The number of benzene rings is 1. The highest BCUT2D eigenvalue weighted by Crippen LogP contribution is 2.31. The summed E-state index contributed by atoms with van der Waals surface area (Å²) in [6.45, 7) is 4.12. The second kappa shape index (κ2) is 5.90. The molecule has 4 heteroatoms. The van der Waals surface area contributed by atoms with Crippen molar-refractivity contribution in [2.75, 3.05) is 7.11 Å². The lowest BCUT2D eigenvalue weighted by molar-refractivity contribution is -0.134. The van der Waals surface area contributed by atoms with Gasteiger partial charge in [0.15, 0.2) is 0 Å². The molecule has 1 heterocycles. The highest BCUT2D eigenvalue weighted by Gasteiger charge is 2.31. The average Bonchev–Trinajstić information content (AvgIpc) is 2.48. The minimum Gasteiger partial charge on any atom is -0.466 e. The van der Waals surface area contributed by atoms with Gasteiger partial charge in [-0.15, -0.1) is 0 Å². The van der Waals surface area contributed by atoms with Gasteiger partial charge >= 0.3 is 5.97 Å². The zero-order valence-corrected chi connectivity index (χ0v) is 12.0. The number of rotatable bonds is 3. The van der Waals surface area contributed by atoms with Gasteiger partial charge in [0.25, 0.3) is 5.91 Å². The molecule has 0 bridgehead atoms. The maximum atomic E-state index is 12.2. The smallest absolute Gasteiger partial charge is 0.330 e. The summed E-state index contributed by atoms with van der Waals surface area (Å²) in [6.07, 6.45) is 2.39. The molecule has 20 heavy (non-hydrogen) atoms. The predicted molar refractivity (Wildman–Crippen MR) is 77.1 cm³/mol. The quantitative estimate of drug-likeness (QED) is 0.679. The Bertz CT molecular complexity index is 563. The molecule has 1 aliphatic rings. The van der Waals surface area contributed by atoms with Crippen LogP contribution in [0.2, 0.25) is 0 Å². The lowest BCUT2D eigenvalue weighted by Crippen LogP contribution is -2.44. The Balaban J connectivity index is 2.55. The number of nitrogens with one attached hydrogen (secondary N) is 1. The van der Waals surface area contributed by atoms with E-state index in [1.807, 2.05) is 18.2 Å². The van der Waals surface area contributed by atoms with Crippen LogP contribution in [0.5, 0.6) is 0 Å². The molecule has 2 atom stereocenters. The van der Waals surface area contributed by atoms with E-state index in [4.69, 9.17) is 4.74 Å². The van der Waals surface area contributed by atoms with E-state index in [9.17, 15) is 9.59 Å². The maximum Gasteiger partial charge on any atom is 0.330 e. The first-order valence-electron chi connectivity index (χ1n) is 6.78. The maximum absolute atomic E-state index is 12.2. The van der Waals surface area contributed by atoms with Crippen molar-refractivity contribution >= 4 is 17.4 Å². The second-order valence-electron chi connectivity index (χ2n) is 5.01. The molecular formula is C16H19NO3. The van der Waals surface area contributed by atoms with Crippen molar-refractivity contribution in [2.24, 2.45) is 5.92 Å². The van der Waals surface area contributed by atoms with E-state index in [1.165, 1.54) is 13.2 Å². The molecule has 0 aliphatic carbocycles. The number of carbonyl (C=O) groups excluding carboxylic acids is 2. The highest BCUT2D eigenvalue weighted by atomic mass is 16.5. The molecule has 0 saturated carbocycles. The molecule has 0 fully saturated rings. The monoisotopic (exact) mass is 273 g/mol. The van der Waals surface area contributed by atoms with Gasteiger partial charge in [-0.1, -0.05) is 38.5 Å². The molecule has 4 nitrogen and oxygen atoms in total. The third-order valence-corrected chi connectivity index (χ3v) is 3.79. The van der Waals surface area contributed by atoms with Gasteiger partial charge in [0.05, 0.1) is 13.2 Å². The van der Waals surface area contributed by atoms with Gasteiger partial charge < -0.3 is 10.1 Å². The normalized spacial score (nSPS) is 21.1. The van der Waals surface area contributed by atoms with Crippen LogP contribution in [0, 0.1) is 5.92 Å². The zero-order chi connectivity index (χ0) is 14.7. The van der Waals surface area contributed by atoms with Crippen LogP contribution in [0.25, 0.3) is 5.57 Å². The fourth-order valence-corrected chi connectivity index (χ4v) is 2.44. The first kappa shape index (κ1) is 14.3. The Kier molecular flexibility index (Phi) is 4.23. The van der Waals surface area contributed by atoms with Gasteiger partial charge in [-0.3, -0.25) is 4.79 Å². The number of esters is 1. The third kappa shape index (κ3) is 2.59. The SMILES string of the molecule is CC[C@H](C)[C@@H]1NC(=O)c2ccccc2/C1=C\C(=O)OC. The van der Waals surface area contributed by atoms with Crippen LogP contribution >= 0.6 is 0 Å². The summed E-state index contributed by atoms with van der Waals surface area (Å²) in [5.74, 6) is -0.254. The number of methoxy groups -OCH3 is 1. The minimum atomic E-state index is -0.403. The second-order valence-corrected chi connectivity index (χ2v) is 5.01. The van der Waals surface area contributed by atoms with Crippen LogP contribution in [-0.4, -0.2) is 25.0 Å². The number of amides is 1. The molecule has 1 amide bonds. The topological polar surface area (TPSA) is 55.4 Å². The van der Waals surface area contributed by atoms with Crippen molar-refractivity contribution in [3.05, 3.63) is 41.5 Å². The van der Waals surface area contributed by atoms with Crippen molar-refractivity contribution in [2.45, 2.75) is 26.3 Å². The van der Waals surface area contributed by atoms with Crippen LogP contribution in [-0.2, 0) is 9.53 Å². The number of hydrogen-bond acceptors (Lipinski definition) is 3. The molecule has 1 aromatic rings. The number of hydrogen-bond donors (Lipinski definition) is 1. The molecule has 0 aromatic heterocycles. The Labute approximate surface area is 118 Å². The molecular weight excluding hydrogens is 254 g/mol. The fourth-order valence-electron chi connectivity index (χ4n) is 2.44. The number of ether oxygens (including phenoxy) is 1. The molecule has 1 aliphatic heterocycles. The Morgan fingerprint density at radius 2 is 2.05 bits per heavy atom. The van der Waals surface area contributed by atoms with Crippen LogP contribution < -0.4 is 5.32 Å². The first-order chi connectivity index (χ1) is 9.58. The van der Waals surface area contributed by atoms with Crippen LogP contribution in [0.4, 0.5) is 0 Å². The van der Waals surface area contributed by atoms with E-state index in [0.717, 1.165) is 17.6 Å². The number of carbonyl (C=O) groups is 2. The van der Waals surface area contributed by atoms with E-state index in [-0.39, 0.29) is 17.9 Å². The van der Waals surface area contributed by atoms with Crippen molar-refractivity contribution in [3.8, 4) is 0 Å². The molecule has 1 N–H and O–H groups in total. The van der Waals surface area contributed by atoms with Crippen LogP contribution in [0.15, 0.2) is 30.3 Å². The van der Waals surface area contributed by atoms with E-state index >= 15 is 0 Å². The average molecular weight is 273 g/mol. The van der Waals surface area contributed by atoms with Crippen molar-refractivity contribution in [1.29, 1.82) is 0 Å².